The number of nitrogens with zero attached hydrogens (tertiary/aromatic N) is 4. The average molecular weight is 474 g/mol. The normalized spacial score (nSPS) is 12.9. The van der Waals surface area contributed by atoms with Crippen molar-refractivity contribution in [3.05, 3.63) is 95.6 Å². The van der Waals surface area contributed by atoms with E-state index in [-0.39, 0.29) is 17.9 Å². The van der Waals surface area contributed by atoms with Crippen LogP contribution in [0.1, 0.15) is 42.0 Å². The molecule has 0 aliphatic rings. The molecule has 7 nitrogen and oxygen atoms in total. The van der Waals surface area contributed by atoms with Gasteiger partial charge in [0, 0.05) is 50.3 Å². The Balaban J connectivity index is 1.74. The van der Waals surface area contributed by atoms with Gasteiger partial charge in [-0.1, -0.05) is 36.4 Å². The van der Waals surface area contributed by atoms with Crippen molar-refractivity contribution < 1.29 is 9.59 Å². The van der Waals surface area contributed by atoms with Crippen LogP contribution >= 0.6 is 0 Å². The number of carbonyl (C=O) groups excluding carboxylic acids is 2. The van der Waals surface area contributed by atoms with Crippen molar-refractivity contribution in [2.45, 2.75) is 39.7 Å². The van der Waals surface area contributed by atoms with Crippen molar-refractivity contribution in [1.82, 2.24) is 24.6 Å². The van der Waals surface area contributed by atoms with Crippen molar-refractivity contribution in [2.75, 3.05) is 13.6 Å². The van der Waals surface area contributed by atoms with E-state index in [0.717, 1.165) is 17.0 Å². The Kier molecular flexibility index (Phi) is 8.84. The molecule has 0 fully saturated rings. The summed E-state index contributed by atoms with van der Waals surface area (Å²) in [7, 11) is 3.68. The molecule has 2 heterocycles. The van der Waals surface area contributed by atoms with E-state index >= 15 is 0 Å². The summed E-state index contributed by atoms with van der Waals surface area (Å²) >= 11 is 0. The molecule has 0 aliphatic heterocycles. The van der Waals surface area contributed by atoms with Crippen LogP contribution in [0.5, 0.6) is 0 Å². The molecular weight excluding hydrogens is 438 g/mol. The highest BCUT2D eigenvalue weighted by atomic mass is 16.2. The molecule has 1 atom stereocenters. The number of likely N-dealkylation sites (N-methyl/N-ethyl adjacent to an activating group) is 1. The summed E-state index contributed by atoms with van der Waals surface area (Å²) in [5.41, 5.74) is 4.14. The second-order valence-corrected chi connectivity index (χ2v) is 8.74. The van der Waals surface area contributed by atoms with Gasteiger partial charge in [-0.05, 0) is 63.5 Å². The van der Waals surface area contributed by atoms with Crippen LogP contribution in [0.2, 0.25) is 0 Å². The lowest BCUT2D eigenvalue weighted by Crippen LogP contribution is -2.41. The monoisotopic (exact) mass is 473 g/mol. The third kappa shape index (κ3) is 6.82. The van der Waals surface area contributed by atoms with Crippen molar-refractivity contribution in [2.24, 2.45) is 7.05 Å². The molecule has 1 N–H and O–H groups in total. The first-order valence-electron chi connectivity index (χ1n) is 11.9. The van der Waals surface area contributed by atoms with E-state index in [4.69, 9.17) is 0 Å². The fourth-order valence-corrected chi connectivity index (χ4v) is 4.00. The number of hydrogen-bond acceptors (Lipinski definition) is 3. The van der Waals surface area contributed by atoms with Crippen LogP contribution in [0.25, 0.3) is 5.70 Å². The molecule has 0 aliphatic carbocycles. The van der Waals surface area contributed by atoms with Crippen molar-refractivity contribution >= 4 is 17.5 Å². The van der Waals surface area contributed by atoms with Gasteiger partial charge in [0.05, 0.1) is 5.69 Å². The zero-order valence-electron chi connectivity index (χ0n) is 21.2. The van der Waals surface area contributed by atoms with Crippen LogP contribution in [0.15, 0.2) is 78.6 Å². The number of hydrogen-bond donors (Lipinski definition) is 1. The second kappa shape index (κ2) is 12.0. The smallest absolute Gasteiger partial charge is 0.267 e. The predicted molar refractivity (Wildman–Crippen MR) is 140 cm³/mol. The highest BCUT2D eigenvalue weighted by molar-refractivity contribution is 5.97. The molecule has 2 amide bonds. The lowest BCUT2D eigenvalue weighted by atomic mass is 10.0. The second-order valence-electron chi connectivity index (χ2n) is 8.74. The number of nitrogens with one attached hydrogen (secondary N) is 1. The molecule has 2 aromatic heterocycles. The fourth-order valence-electron chi connectivity index (χ4n) is 4.00. The summed E-state index contributed by atoms with van der Waals surface area (Å²) in [6.45, 7) is 6.20. The first-order chi connectivity index (χ1) is 16.8. The first-order valence-corrected chi connectivity index (χ1v) is 11.9. The highest BCUT2D eigenvalue weighted by Gasteiger charge is 2.23. The molecule has 0 bridgehead atoms. The van der Waals surface area contributed by atoms with Gasteiger partial charge in [0.2, 0.25) is 0 Å². The third-order valence-electron chi connectivity index (χ3n) is 6.13. The largest absolute Gasteiger partial charge is 0.351 e. The summed E-state index contributed by atoms with van der Waals surface area (Å²) in [5.74, 6) is -0.183. The molecule has 0 radical (unpaired) electrons. The van der Waals surface area contributed by atoms with Crippen molar-refractivity contribution in [3.8, 4) is 0 Å². The van der Waals surface area contributed by atoms with Gasteiger partial charge in [-0.25, -0.2) is 4.68 Å². The van der Waals surface area contributed by atoms with E-state index in [2.05, 4.69) is 22.5 Å². The minimum absolute atomic E-state index is 0.0644. The van der Waals surface area contributed by atoms with E-state index in [1.54, 1.807) is 20.2 Å². The Morgan fingerprint density at radius 1 is 1.11 bits per heavy atom. The summed E-state index contributed by atoms with van der Waals surface area (Å²) < 4.78 is 3.56. The number of carbonyl (C=O) groups is 2. The quantitative estimate of drug-likeness (QED) is 0.354. The van der Waals surface area contributed by atoms with Crippen LogP contribution in [0, 0.1) is 6.92 Å². The molecule has 3 aromatic rings. The average Bonchev–Trinajstić information content (AvgIpc) is 3.49. The van der Waals surface area contributed by atoms with Gasteiger partial charge in [-0.3, -0.25) is 9.59 Å². The molecule has 0 spiro atoms. The SMILES string of the molecule is CC=C(C=C(C)n1ccc(C)n1)C(=O)N(C)C(CCNC(=O)c1cccn1C)Cc1ccccc1. The highest BCUT2D eigenvalue weighted by Crippen LogP contribution is 2.16. The van der Waals surface area contributed by atoms with Gasteiger partial charge >= 0.3 is 0 Å². The third-order valence-corrected chi connectivity index (χ3v) is 6.13. The number of aromatic nitrogens is 3. The van der Waals surface area contributed by atoms with Gasteiger partial charge in [0.1, 0.15) is 5.69 Å². The summed E-state index contributed by atoms with van der Waals surface area (Å²) in [6, 6.07) is 15.6. The van der Waals surface area contributed by atoms with Gasteiger partial charge in [0.15, 0.2) is 0 Å². The fraction of sp³-hybridized carbons (Fsp3) is 0.321. The molecule has 0 saturated carbocycles. The lowest BCUT2D eigenvalue weighted by molar-refractivity contribution is -0.127. The van der Waals surface area contributed by atoms with Crippen LogP contribution in [0.4, 0.5) is 0 Å². The molecule has 0 saturated heterocycles. The van der Waals surface area contributed by atoms with Gasteiger partial charge < -0.3 is 14.8 Å². The van der Waals surface area contributed by atoms with Crippen LogP contribution in [0.3, 0.4) is 0 Å². The number of benzene rings is 1. The Bertz CT molecular complexity index is 1200. The zero-order chi connectivity index (χ0) is 25.4. The lowest BCUT2D eigenvalue weighted by Gasteiger charge is -2.29. The molecular formula is C28H35N5O2. The number of allylic oxidation sites excluding steroid dienone is 2. The number of amides is 2. The topological polar surface area (TPSA) is 72.2 Å². The molecule has 1 aromatic carbocycles. The molecule has 1 unspecified atom stereocenters. The molecule has 3 rings (SSSR count). The maximum atomic E-state index is 13.5. The van der Waals surface area contributed by atoms with E-state index in [0.29, 0.717) is 30.7 Å². The minimum atomic E-state index is -0.118. The van der Waals surface area contributed by atoms with Crippen molar-refractivity contribution in [3.63, 3.8) is 0 Å². The molecule has 35 heavy (non-hydrogen) atoms. The first kappa shape index (κ1) is 25.7. The maximum Gasteiger partial charge on any atom is 0.267 e. The van der Waals surface area contributed by atoms with Gasteiger partial charge in [0.25, 0.3) is 11.8 Å². The van der Waals surface area contributed by atoms with Gasteiger partial charge in [-0.15, -0.1) is 0 Å². The minimum Gasteiger partial charge on any atom is -0.351 e. The van der Waals surface area contributed by atoms with E-state index in [1.807, 2.05) is 89.7 Å². The molecule has 7 heteroatoms. The van der Waals surface area contributed by atoms with Crippen LogP contribution < -0.4 is 5.32 Å². The van der Waals surface area contributed by atoms with Crippen LogP contribution in [-0.4, -0.2) is 50.7 Å². The predicted octanol–water partition coefficient (Wildman–Crippen LogP) is 4.23. The van der Waals surface area contributed by atoms with Crippen LogP contribution in [-0.2, 0) is 18.3 Å². The van der Waals surface area contributed by atoms with Crippen molar-refractivity contribution in [1.29, 1.82) is 0 Å². The Labute approximate surface area is 207 Å². The Morgan fingerprint density at radius 2 is 1.86 bits per heavy atom. The summed E-state index contributed by atoms with van der Waals surface area (Å²) in [5, 5.41) is 7.43. The Hall–Kier alpha value is -3.87. The zero-order valence-corrected chi connectivity index (χ0v) is 21.2. The summed E-state index contributed by atoms with van der Waals surface area (Å²) in [4.78, 5) is 27.8. The number of aryl methyl sites for hydroxylation is 2. The standard InChI is InChI=1S/C28H35N5O2/c1-6-24(19-22(3)33-18-15-21(2)30-33)28(35)32(5)25(20-23-11-8-7-9-12-23)14-16-29-27(34)26-13-10-17-31(26)4/h6-13,15,17-19,25H,14,16,20H2,1-5H3,(H,29,34). The summed E-state index contributed by atoms with van der Waals surface area (Å²) in [6.07, 6.45) is 8.75. The maximum absolute atomic E-state index is 13.5. The van der Waals surface area contributed by atoms with Gasteiger partial charge in [-0.2, -0.15) is 5.10 Å². The Morgan fingerprint density at radius 3 is 2.46 bits per heavy atom. The van der Waals surface area contributed by atoms with E-state index < -0.39 is 0 Å². The molecule has 184 valence electrons. The van der Waals surface area contributed by atoms with E-state index in [1.165, 1.54) is 0 Å². The number of rotatable bonds is 10. The van der Waals surface area contributed by atoms with E-state index in [9.17, 15) is 9.59 Å².